The molecule has 0 N–H and O–H groups in total. The molecule has 3 aromatic rings. The molecule has 1 fully saturated rings. The van der Waals surface area contributed by atoms with Gasteiger partial charge in [-0.15, -0.1) is 11.3 Å². The van der Waals surface area contributed by atoms with Gasteiger partial charge in [0.1, 0.15) is 0 Å². The molecule has 2 aromatic heterocycles. The highest BCUT2D eigenvalue weighted by molar-refractivity contribution is 7.09. The van der Waals surface area contributed by atoms with E-state index in [1.807, 2.05) is 42.6 Å². The number of carbonyl (C=O) groups is 1. The topological polar surface area (TPSA) is 59.2 Å². The molecule has 1 atom stereocenters. The van der Waals surface area contributed by atoms with E-state index in [-0.39, 0.29) is 11.8 Å². The summed E-state index contributed by atoms with van der Waals surface area (Å²) in [5, 5.41) is 6.81. The molecule has 0 saturated carbocycles. The summed E-state index contributed by atoms with van der Waals surface area (Å²) in [6.07, 6.45) is 1.02. The number of rotatable bonds is 4. The zero-order valence-corrected chi connectivity index (χ0v) is 15.2. The molecule has 1 unspecified atom stereocenters. The van der Waals surface area contributed by atoms with Gasteiger partial charge in [0.25, 0.3) is 0 Å². The number of amides is 1. The molecule has 1 saturated heterocycles. The Balaban J connectivity index is 1.50. The average Bonchev–Trinajstić information content (AvgIpc) is 3.32. The van der Waals surface area contributed by atoms with E-state index in [1.54, 1.807) is 16.2 Å². The van der Waals surface area contributed by atoms with Gasteiger partial charge in [-0.1, -0.05) is 22.8 Å². The van der Waals surface area contributed by atoms with E-state index in [1.165, 1.54) is 4.88 Å². The molecule has 0 spiro atoms. The molecule has 4 rings (SSSR count). The van der Waals surface area contributed by atoms with Crippen molar-refractivity contribution in [3.05, 3.63) is 62.9 Å². The second kappa shape index (κ2) is 6.61. The van der Waals surface area contributed by atoms with Crippen LogP contribution in [0.1, 0.15) is 34.5 Å². The SMILES string of the molecule is Cc1cc(N2CC(c3noc(Cc4cccs4)n3)CC2=O)ccc1Cl. The summed E-state index contributed by atoms with van der Waals surface area (Å²) in [5.41, 5.74) is 1.81. The van der Waals surface area contributed by atoms with Crippen molar-refractivity contribution in [3.8, 4) is 0 Å². The smallest absolute Gasteiger partial charge is 0.231 e. The second-order valence-electron chi connectivity index (χ2n) is 6.14. The van der Waals surface area contributed by atoms with E-state index in [0.29, 0.717) is 36.1 Å². The first-order chi connectivity index (χ1) is 12.1. The summed E-state index contributed by atoms with van der Waals surface area (Å²) in [6.45, 7) is 2.48. The molecule has 5 nitrogen and oxygen atoms in total. The van der Waals surface area contributed by atoms with Gasteiger partial charge < -0.3 is 9.42 Å². The summed E-state index contributed by atoms with van der Waals surface area (Å²) in [5.74, 6) is 1.21. The second-order valence-corrected chi connectivity index (χ2v) is 7.58. The summed E-state index contributed by atoms with van der Waals surface area (Å²) in [6, 6.07) is 9.66. The lowest BCUT2D eigenvalue weighted by Gasteiger charge is -2.17. The first kappa shape index (κ1) is 16.3. The minimum absolute atomic E-state index is 0.0516. The largest absolute Gasteiger partial charge is 0.339 e. The van der Waals surface area contributed by atoms with Crippen LogP contribution < -0.4 is 4.90 Å². The van der Waals surface area contributed by atoms with Crippen molar-refractivity contribution < 1.29 is 9.32 Å². The Morgan fingerprint density at radius 2 is 2.28 bits per heavy atom. The highest BCUT2D eigenvalue weighted by Gasteiger charge is 2.34. The van der Waals surface area contributed by atoms with Gasteiger partial charge in [-0.05, 0) is 42.1 Å². The predicted molar refractivity (Wildman–Crippen MR) is 97.3 cm³/mol. The molecule has 1 amide bonds. The van der Waals surface area contributed by atoms with Crippen molar-refractivity contribution in [1.29, 1.82) is 0 Å². The Hall–Kier alpha value is -2.18. The van der Waals surface area contributed by atoms with Crippen LogP contribution >= 0.6 is 22.9 Å². The summed E-state index contributed by atoms with van der Waals surface area (Å²) >= 11 is 7.73. The van der Waals surface area contributed by atoms with Gasteiger partial charge in [0, 0.05) is 34.5 Å². The first-order valence-electron chi connectivity index (χ1n) is 8.01. The number of benzene rings is 1. The van der Waals surface area contributed by atoms with Crippen LogP contribution in [0.25, 0.3) is 0 Å². The Bertz CT molecular complexity index is 907. The Labute approximate surface area is 154 Å². The highest BCUT2D eigenvalue weighted by atomic mass is 35.5. The fourth-order valence-corrected chi connectivity index (χ4v) is 3.81. The fraction of sp³-hybridized carbons (Fsp3) is 0.278. The quantitative estimate of drug-likeness (QED) is 0.687. The van der Waals surface area contributed by atoms with Crippen LogP contribution in [-0.2, 0) is 11.2 Å². The van der Waals surface area contributed by atoms with E-state index in [4.69, 9.17) is 16.1 Å². The summed E-state index contributed by atoms with van der Waals surface area (Å²) in [7, 11) is 0. The standard InChI is InChI=1S/C18H16ClN3O2S/c1-11-7-13(4-5-15(11)19)22-10-12(8-17(22)23)18-20-16(24-21-18)9-14-3-2-6-25-14/h2-7,12H,8-10H2,1H3. The minimum atomic E-state index is -0.0516. The van der Waals surface area contributed by atoms with Gasteiger partial charge in [-0.2, -0.15) is 4.98 Å². The lowest BCUT2D eigenvalue weighted by molar-refractivity contribution is -0.117. The monoisotopic (exact) mass is 373 g/mol. The maximum absolute atomic E-state index is 12.4. The van der Waals surface area contributed by atoms with Crippen molar-refractivity contribution in [2.45, 2.75) is 25.7 Å². The number of aromatic nitrogens is 2. The number of hydrogen-bond acceptors (Lipinski definition) is 5. The van der Waals surface area contributed by atoms with Crippen LogP contribution in [0.15, 0.2) is 40.2 Å². The molecular formula is C18H16ClN3O2S. The van der Waals surface area contributed by atoms with E-state index in [2.05, 4.69) is 10.1 Å². The van der Waals surface area contributed by atoms with E-state index in [9.17, 15) is 4.79 Å². The van der Waals surface area contributed by atoms with Crippen LogP contribution in [0.2, 0.25) is 5.02 Å². The predicted octanol–water partition coefficient (Wildman–Crippen LogP) is 4.20. The molecular weight excluding hydrogens is 358 g/mol. The maximum atomic E-state index is 12.4. The molecule has 0 radical (unpaired) electrons. The van der Waals surface area contributed by atoms with Crippen LogP contribution in [-0.4, -0.2) is 22.6 Å². The van der Waals surface area contributed by atoms with Gasteiger partial charge >= 0.3 is 0 Å². The number of anilines is 1. The van der Waals surface area contributed by atoms with Crippen molar-refractivity contribution >= 4 is 34.5 Å². The molecule has 7 heteroatoms. The number of hydrogen-bond donors (Lipinski definition) is 0. The number of carbonyl (C=O) groups excluding carboxylic acids is 1. The van der Waals surface area contributed by atoms with Gasteiger partial charge in [-0.25, -0.2) is 0 Å². The van der Waals surface area contributed by atoms with E-state index >= 15 is 0 Å². The van der Waals surface area contributed by atoms with Gasteiger partial charge in [0.15, 0.2) is 5.82 Å². The number of aryl methyl sites for hydroxylation is 1. The van der Waals surface area contributed by atoms with Crippen LogP contribution in [0, 0.1) is 6.92 Å². The first-order valence-corrected chi connectivity index (χ1v) is 9.27. The molecule has 3 heterocycles. The minimum Gasteiger partial charge on any atom is -0.339 e. The Morgan fingerprint density at radius 1 is 1.40 bits per heavy atom. The van der Waals surface area contributed by atoms with E-state index < -0.39 is 0 Å². The lowest BCUT2D eigenvalue weighted by atomic mass is 10.1. The lowest BCUT2D eigenvalue weighted by Crippen LogP contribution is -2.24. The molecule has 25 heavy (non-hydrogen) atoms. The molecule has 0 aliphatic carbocycles. The van der Waals surface area contributed by atoms with Gasteiger partial charge in [0.2, 0.25) is 11.8 Å². The zero-order valence-electron chi connectivity index (χ0n) is 13.6. The maximum Gasteiger partial charge on any atom is 0.231 e. The zero-order chi connectivity index (χ0) is 17.4. The average molecular weight is 374 g/mol. The normalized spacial score (nSPS) is 17.4. The third kappa shape index (κ3) is 3.32. The van der Waals surface area contributed by atoms with Crippen molar-refractivity contribution in [2.75, 3.05) is 11.4 Å². The Kier molecular flexibility index (Phi) is 4.31. The molecule has 128 valence electrons. The molecule has 1 aliphatic heterocycles. The summed E-state index contributed by atoms with van der Waals surface area (Å²) in [4.78, 5) is 19.9. The van der Waals surface area contributed by atoms with Gasteiger partial charge in [0.05, 0.1) is 6.42 Å². The molecule has 1 aliphatic rings. The highest BCUT2D eigenvalue weighted by Crippen LogP contribution is 2.32. The van der Waals surface area contributed by atoms with Crippen molar-refractivity contribution in [2.24, 2.45) is 0 Å². The number of thiophene rings is 1. The van der Waals surface area contributed by atoms with Crippen molar-refractivity contribution in [3.63, 3.8) is 0 Å². The third-order valence-electron chi connectivity index (χ3n) is 4.33. The van der Waals surface area contributed by atoms with Crippen LogP contribution in [0.4, 0.5) is 5.69 Å². The third-order valence-corrected chi connectivity index (χ3v) is 5.63. The molecule has 0 bridgehead atoms. The van der Waals surface area contributed by atoms with Crippen molar-refractivity contribution in [1.82, 2.24) is 10.1 Å². The van der Waals surface area contributed by atoms with Gasteiger partial charge in [-0.3, -0.25) is 4.79 Å². The van der Waals surface area contributed by atoms with E-state index in [0.717, 1.165) is 11.3 Å². The summed E-state index contributed by atoms with van der Waals surface area (Å²) < 4.78 is 5.36. The number of halogens is 1. The fourth-order valence-electron chi connectivity index (χ4n) is 2.99. The number of nitrogens with zero attached hydrogens (tertiary/aromatic N) is 3. The Morgan fingerprint density at radius 3 is 3.04 bits per heavy atom. The molecule has 1 aromatic carbocycles. The van der Waals surface area contributed by atoms with Crippen LogP contribution in [0.5, 0.6) is 0 Å². The van der Waals surface area contributed by atoms with Crippen LogP contribution in [0.3, 0.4) is 0 Å².